The van der Waals surface area contributed by atoms with Crippen LogP contribution in [0.1, 0.15) is 40.0 Å². The third-order valence-electron chi connectivity index (χ3n) is 3.16. The highest BCUT2D eigenvalue weighted by Crippen LogP contribution is 2.40. The van der Waals surface area contributed by atoms with Crippen LogP contribution in [0.5, 0.6) is 0 Å². The van der Waals surface area contributed by atoms with Gasteiger partial charge in [0.05, 0.1) is 19.8 Å². The van der Waals surface area contributed by atoms with Gasteiger partial charge in [0.15, 0.2) is 0 Å². The summed E-state index contributed by atoms with van der Waals surface area (Å²) in [6, 6.07) is 0. The van der Waals surface area contributed by atoms with Crippen LogP contribution in [0.4, 0.5) is 0 Å². The number of esters is 1. The van der Waals surface area contributed by atoms with Crippen LogP contribution in [0.15, 0.2) is 0 Å². The topological polar surface area (TPSA) is 47.6 Å². The predicted molar refractivity (Wildman–Crippen MR) is 66.9 cm³/mol. The van der Waals surface area contributed by atoms with Gasteiger partial charge in [-0.2, -0.15) is 0 Å². The van der Waals surface area contributed by atoms with E-state index in [1.807, 2.05) is 13.8 Å². The van der Waals surface area contributed by atoms with Crippen LogP contribution in [0.2, 0.25) is 0 Å². The minimum absolute atomic E-state index is 0.126. The fourth-order valence-electron chi connectivity index (χ4n) is 2.02. The monoisotopic (exact) mass is 243 g/mol. The molecule has 0 spiro atoms. The number of hydrogen-bond donors (Lipinski definition) is 1. The third kappa shape index (κ3) is 3.68. The quantitative estimate of drug-likeness (QED) is 0.660. The number of methoxy groups -OCH3 is 1. The van der Waals surface area contributed by atoms with E-state index >= 15 is 0 Å². The smallest absolute Gasteiger partial charge is 0.328 e. The highest BCUT2D eigenvalue weighted by Gasteiger charge is 2.51. The second-order valence-electron chi connectivity index (χ2n) is 5.02. The summed E-state index contributed by atoms with van der Waals surface area (Å²) in [4.78, 5) is 12.1. The number of carbonyl (C=O) groups is 1. The molecule has 0 amide bonds. The molecule has 0 saturated heterocycles. The number of nitrogens with one attached hydrogen (secondary N) is 1. The van der Waals surface area contributed by atoms with Gasteiger partial charge in [0.2, 0.25) is 0 Å². The van der Waals surface area contributed by atoms with Crippen LogP contribution in [0, 0.1) is 5.92 Å². The molecule has 0 aliphatic heterocycles. The lowest BCUT2D eigenvalue weighted by Gasteiger charge is -2.32. The van der Waals surface area contributed by atoms with Crippen LogP contribution in [0.3, 0.4) is 0 Å². The minimum atomic E-state index is -0.630. The second kappa shape index (κ2) is 6.36. The molecule has 0 aromatic rings. The molecular formula is C13H25NO3. The molecule has 0 radical (unpaired) electrons. The third-order valence-corrected chi connectivity index (χ3v) is 3.16. The van der Waals surface area contributed by atoms with Crippen molar-refractivity contribution < 1.29 is 14.3 Å². The molecule has 100 valence electrons. The lowest BCUT2D eigenvalue weighted by molar-refractivity contribution is -0.153. The first-order valence-electron chi connectivity index (χ1n) is 6.51. The predicted octanol–water partition coefficient (Wildman–Crippen LogP) is 1.73. The SMILES string of the molecule is CCCNC(COC(C)C)(C(=O)OC)C1CC1. The molecule has 1 unspecified atom stereocenters. The zero-order valence-electron chi connectivity index (χ0n) is 11.4. The molecule has 1 aliphatic carbocycles. The van der Waals surface area contributed by atoms with Crippen molar-refractivity contribution in [3.8, 4) is 0 Å². The normalized spacial score (nSPS) is 19.1. The maximum absolute atomic E-state index is 12.1. The van der Waals surface area contributed by atoms with Crippen molar-refractivity contribution in [2.45, 2.75) is 51.7 Å². The Morgan fingerprint density at radius 3 is 2.53 bits per heavy atom. The second-order valence-corrected chi connectivity index (χ2v) is 5.02. The Morgan fingerprint density at radius 1 is 1.47 bits per heavy atom. The Labute approximate surface area is 104 Å². The maximum atomic E-state index is 12.1. The lowest BCUT2D eigenvalue weighted by Crippen LogP contribution is -2.58. The highest BCUT2D eigenvalue weighted by molar-refractivity contribution is 5.82. The maximum Gasteiger partial charge on any atom is 0.328 e. The molecule has 4 nitrogen and oxygen atoms in total. The molecule has 4 heteroatoms. The summed E-state index contributed by atoms with van der Waals surface area (Å²) >= 11 is 0. The highest BCUT2D eigenvalue weighted by atomic mass is 16.5. The Bertz CT molecular complexity index is 251. The number of carbonyl (C=O) groups excluding carboxylic acids is 1. The van der Waals surface area contributed by atoms with Crippen molar-refractivity contribution in [3.63, 3.8) is 0 Å². The van der Waals surface area contributed by atoms with E-state index in [9.17, 15) is 4.79 Å². The van der Waals surface area contributed by atoms with Gasteiger partial charge in [0.25, 0.3) is 0 Å². The van der Waals surface area contributed by atoms with E-state index in [4.69, 9.17) is 9.47 Å². The van der Waals surface area contributed by atoms with Gasteiger partial charge < -0.3 is 9.47 Å². The Kier molecular flexibility index (Phi) is 5.40. The van der Waals surface area contributed by atoms with Crippen LogP contribution < -0.4 is 5.32 Å². The Hall–Kier alpha value is -0.610. The van der Waals surface area contributed by atoms with Gasteiger partial charge in [-0.3, -0.25) is 5.32 Å². The summed E-state index contributed by atoms with van der Waals surface area (Å²) in [7, 11) is 1.45. The van der Waals surface area contributed by atoms with E-state index in [-0.39, 0.29) is 12.1 Å². The van der Waals surface area contributed by atoms with Gasteiger partial charge >= 0.3 is 5.97 Å². The first-order chi connectivity index (χ1) is 8.06. The van der Waals surface area contributed by atoms with Gasteiger partial charge in [-0.15, -0.1) is 0 Å². The number of rotatable bonds is 8. The Balaban J connectivity index is 2.73. The van der Waals surface area contributed by atoms with Crippen molar-refractivity contribution in [1.29, 1.82) is 0 Å². The fourth-order valence-corrected chi connectivity index (χ4v) is 2.02. The average molecular weight is 243 g/mol. The first-order valence-corrected chi connectivity index (χ1v) is 6.51. The molecule has 0 heterocycles. The standard InChI is InChI=1S/C13H25NO3/c1-5-8-14-13(11-6-7-11,12(15)16-4)9-17-10(2)3/h10-11,14H,5-9H2,1-4H3. The average Bonchev–Trinajstić information content (AvgIpc) is 3.13. The van der Waals surface area contributed by atoms with E-state index in [0.29, 0.717) is 12.5 Å². The molecule has 1 aliphatic rings. The van der Waals surface area contributed by atoms with E-state index in [2.05, 4.69) is 12.2 Å². The van der Waals surface area contributed by atoms with Crippen molar-refractivity contribution in [3.05, 3.63) is 0 Å². The summed E-state index contributed by atoms with van der Waals surface area (Å²) in [5.74, 6) is 0.175. The van der Waals surface area contributed by atoms with Crippen LogP contribution >= 0.6 is 0 Å². The summed E-state index contributed by atoms with van der Waals surface area (Å²) in [5.41, 5.74) is -0.630. The summed E-state index contributed by atoms with van der Waals surface area (Å²) in [6.07, 6.45) is 3.27. The molecule has 1 fully saturated rings. The zero-order valence-corrected chi connectivity index (χ0v) is 11.4. The number of ether oxygens (including phenoxy) is 2. The van der Waals surface area contributed by atoms with Crippen molar-refractivity contribution in [1.82, 2.24) is 5.32 Å². The van der Waals surface area contributed by atoms with Crippen LogP contribution in [-0.4, -0.2) is 37.9 Å². The van der Waals surface area contributed by atoms with Gasteiger partial charge in [-0.05, 0) is 45.6 Å². The van der Waals surface area contributed by atoms with E-state index in [1.165, 1.54) is 7.11 Å². The summed E-state index contributed by atoms with van der Waals surface area (Å²) < 4.78 is 10.6. The van der Waals surface area contributed by atoms with E-state index in [1.54, 1.807) is 0 Å². The van der Waals surface area contributed by atoms with Gasteiger partial charge in [-0.1, -0.05) is 6.92 Å². The molecule has 0 bridgehead atoms. The van der Waals surface area contributed by atoms with Crippen LogP contribution in [0.25, 0.3) is 0 Å². The zero-order chi connectivity index (χ0) is 12.9. The van der Waals surface area contributed by atoms with E-state index in [0.717, 1.165) is 25.8 Å². The number of hydrogen-bond acceptors (Lipinski definition) is 4. The summed E-state index contributed by atoms with van der Waals surface area (Å²) in [6.45, 7) is 7.27. The Morgan fingerprint density at radius 2 is 2.12 bits per heavy atom. The van der Waals surface area contributed by atoms with Crippen molar-refractivity contribution in [2.24, 2.45) is 5.92 Å². The molecular weight excluding hydrogens is 218 g/mol. The minimum Gasteiger partial charge on any atom is -0.468 e. The van der Waals surface area contributed by atoms with Gasteiger partial charge in [0, 0.05) is 0 Å². The molecule has 1 atom stereocenters. The van der Waals surface area contributed by atoms with Crippen molar-refractivity contribution >= 4 is 5.97 Å². The van der Waals surface area contributed by atoms with Gasteiger partial charge in [0.1, 0.15) is 5.54 Å². The van der Waals surface area contributed by atoms with Crippen LogP contribution in [-0.2, 0) is 14.3 Å². The lowest BCUT2D eigenvalue weighted by atomic mass is 9.93. The van der Waals surface area contributed by atoms with E-state index < -0.39 is 5.54 Å². The van der Waals surface area contributed by atoms with Crippen molar-refractivity contribution in [2.75, 3.05) is 20.3 Å². The molecule has 0 aromatic heterocycles. The fraction of sp³-hybridized carbons (Fsp3) is 0.923. The summed E-state index contributed by atoms with van der Waals surface area (Å²) in [5, 5.41) is 3.35. The van der Waals surface area contributed by atoms with Gasteiger partial charge in [-0.25, -0.2) is 4.79 Å². The molecule has 0 aromatic carbocycles. The molecule has 17 heavy (non-hydrogen) atoms. The largest absolute Gasteiger partial charge is 0.468 e. The molecule has 1 N–H and O–H groups in total. The first kappa shape index (κ1) is 14.5. The molecule has 1 saturated carbocycles. The molecule has 1 rings (SSSR count).